The number of amides is 1. The first-order valence-electron chi connectivity index (χ1n) is 19.5. The highest BCUT2D eigenvalue weighted by Gasteiger charge is 2.31. The minimum atomic E-state index is -1.30. The normalized spacial score (nSPS) is 12.3. The number of allylic oxidation sites excluding steroid dienone is 4. The standard InChI is InChI=1S/C40H73NO5/c1-3-5-7-9-11-13-15-17-19-21-23-25-27-29-31-33-35-41(37(40(45)46)36-39(43)44)38(42)34-32-30-28-26-24-22-20-18-16-14-12-10-8-6-4-2/h17-20,37H,3-16,21-36H2,1-2H3,(H,43,44)(H,45,46)/b19-17-,20-18-/t37-/m0/s1. The number of carbonyl (C=O) groups excluding carboxylic acids is 1. The Morgan fingerprint density at radius 2 is 0.848 bits per heavy atom. The van der Waals surface area contributed by atoms with Gasteiger partial charge in [-0.3, -0.25) is 9.59 Å². The van der Waals surface area contributed by atoms with Gasteiger partial charge in [0.1, 0.15) is 6.04 Å². The Morgan fingerprint density at radius 3 is 1.22 bits per heavy atom. The van der Waals surface area contributed by atoms with Crippen LogP contribution in [0.1, 0.15) is 200 Å². The minimum Gasteiger partial charge on any atom is -0.481 e. The van der Waals surface area contributed by atoms with Crippen molar-refractivity contribution in [3.05, 3.63) is 24.3 Å². The first kappa shape index (κ1) is 43.9. The van der Waals surface area contributed by atoms with Crippen LogP contribution < -0.4 is 0 Å². The first-order valence-corrected chi connectivity index (χ1v) is 19.5. The van der Waals surface area contributed by atoms with E-state index in [0.717, 1.165) is 64.2 Å². The molecule has 0 aliphatic carbocycles. The Hall–Kier alpha value is -2.11. The van der Waals surface area contributed by atoms with E-state index in [2.05, 4.69) is 38.2 Å². The molecule has 6 heteroatoms. The fourth-order valence-corrected chi connectivity index (χ4v) is 5.97. The summed E-state index contributed by atoms with van der Waals surface area (Å²) in [6.07, 6.45) is 40.8. The van der Waals surface area contributed by atoms with Crippen LogP contribution in [0.15, 0.2) is 24.3 Å². The van der Waals surface area contributed by atoms with Crippen molar-refractivity contribution in [2.75, 3.05) is 6.54 Å². The second-order valence-electron chi connectivity index (χ2n) is 13.3. The van der Waals surface area contributed by atoms with Crippen molar-refractivity contribution in [2.24, 2.45) is 0 Å². The molecular formula is C40H73NO5. The average molecular weight is 648 g/mol. The van der Waals surface area contributed by atoms with E-state index in [0.29, 0.717) is 13.0 Å². The minimum absolute atomic E-state index is 0.223. The lowest BCUT2D eigenvalue weighted by molar-refractivity contribution is -0.154. The molecule has 0 aliphatic heterocycles. The molecule has 0 aromatic heterocycles. The van der Waals surface area contributed by atoms with Crippen LogP contribution in [0.5, 0.6) is 0 Å². The van der Waals surface area contributed by atoms with Crippen LogP contribution in [-0.4, -0.2) is 45.5 Å². The lowest BCUT2D eigenvalue weighted by Crippen LogP contribution is -2.46. The van der Waals surface area contributed by atoms with Crippen LogP contribution in [0, 0.1) is 0 Å². The maximum Gasteiger partial charge on any atom is 0.327 e. The molecule has 0 spiro atoms. The third-order valence-corrected chi connectivity index (χ3v) is 8.91. The molecule has 46 heavy (non-hydrogen) atoms. The lowest BCUT2D eigenvalue weighted by atomic mass is 10.1. The smallest absolute Gasteiger partial charge is 0.327 e. The number of carbonyl (C=O) groups is 3. The number of hydrogen-bond donors (Lipinski definition) is 2. The first-order chi connectivity index (χ1) is 22.4. The summed E-state index contributed by atoms with van der Waals surface area (Å²) < 4.78 is 0. The second-order valence-corrected chi connectivity index (χ2v) is 13.3. The Labute approximate surface area is 283 Å². The van der Waals surface area contributed by atoms with E-state index in [1.54, 1.807) is 0 Å². The number of hydrogen-bond acceptors (Lipinski definition) is 3. The SMILES string of the molecule is CCCCCCCC/C=C\CCCCCCCCN(C(=O)CCCCCCC/C=C\CCCCCCCC)[C@@H](CC(=O)O)C(=O)O. The van der Waals surface area contributed by atoms with Crippen molar-refractivity contribution < 1.29 is 24.6 Å². The Bertz CT molecular complexity index is 778. The van der Waals surface area contributed by atoms with Crippen LogP contribution in [0.2, 0.25) is 0 Å². The van der Waals surface area contributed by atoms with Gasteiger partial charge in [-0.15, -0.1) is 0 Å². The molecule has 0 rings (SSSR count). The third kappa shape index (κ3) is 29.3. The van der Waals surface area contributed by atoms with Gasteiger partial charge in [-0.1, -0.05) is 147 Å². The van der Waals surface area contributed by atoms with Crippen LogP contribution >= 0.6 is 0 Å². The molecule has 0 saturated carbocycles. The van der Waals surface area contributed by atoms with E-state index in [4.69, 9.17) is 0 Å². The summed E-state index contributed by atoms with van der Waals surface area (Å²) >= 11 is 0. The summed E-state index contributed by atoms with van der Waals surface area (Å²) in [4.78, 5) is 37.6. The van der Waals surface area contributed by atoms with Gasteiger partial charge in [-0.2, -0.15) is 0 Å². The predicted octanol–water partition coefficient (Wildman–Crippen LogP) is 11.8. The van der Waals surface area contributed by atoms with Gasteiger partial charge in [0.2, 0.25) is 5.91 Å². The van der Waals surface area contributed by atoms with Gasteiger partial charge in [0.25, 0.3) is 0 Å². The Morgan fingerprint density at radius 1 is 0.500 bits per heavy atom. The molecule has 0 radical (unpaired) electrons. The van der Waals surface area contributed by atoms with Crippen molar-refractivity contribution in [1.82, 2.24) is 4.90 Å². The van der Waals surface area contributed by atoms with Crippen molar-refractivity contribution in [3.63, 3.8) is 0 Å². The lowest BCUT2D eigenvalue weighted by Gasteiger charge is -2.28. The summed E-state index contributed by atoms with van der Waals surface area (Å²) in [5.41, 5.74) is 0. The van der Waals surface area contributed by atoms with Gasteiger partial charge < -0.3 is 15.1 Å². The van der Waals surface area contributed by atoms with Gasteiger partial charge in [0.05, 0.1) is 6.42 Å². The van der Waals surface area contributed by atoms with Gasteiger partial charge >= 0.3 is 11.9 Å². The van der Waals surface area contributed by atoms with Crippen molar-refractivity contribution in [2.45, 2.75) is 206 Å². The summed E-state index contributed by atoms with van der Waals surface area (Å²) in [6, 6.07) is -1.30. The number of carboxylic acid groups (broad SMARTS) is 2. The third-order valence-electron chi connectivity index (χ3n) is 8.91. The zero-order chi connectivity index (χ0) is 33.9. The number of unbranched alkanes of at least 4 members (excludes halogenated alkanes) is 23. The molecule has 0 saturated heterocycles. The van der Waals surface area contributed by atoms with E-state index in [-0.39, 0.29) is 12.3 Å². The van der Waals surface area contributed by atoms with Crippen LogP contribution in [0.4, 0.5) is 0 Å². The summed E-state index contributed by atoms with van der Waals surface area (Å²) in [6.45, 7) is 4.82. The summed E-state index contributed by atoms with van der Waals surface area (Å²) in [7, 11) is 0. The highest BCUT2D eigenvalue weighted by atomic mass is 16.4. The molecule has 0 aliphatic rings. The zero-order valence-electron chi connectivity index (χ0n) is 30.2. The van der Waals surface area contributed by atoms with Crippen molar-refractivity contribution in [3.8, 4) is 0 Å². The van der Waals surface area contributed by atoms with Crippen LogP contribution in [0.3, 0.4) is 0 Å². The second kappa shape index (κ2) is 34.2. The zero-order valence-corrected chi connectivity index (χ0v) is 30.2. The van der Waals surface area contributed by atoms with E-state index >= 15 is 0 Å². The van der Waals surface area contributed by atoms with E-state index in [1.165, 1.54) is 108 Å². The number of aliphatic carboxylic acids is 2. The molecule has 1 atom stereocenters. The van der Waals surface area contributed by atoms with E-state index < -0.39 is 24.4 Å². The summed E-state index contributed by atoms with van der Waals surface area (Å²) in [5, 5.41) is 19.0. The molecule has 6 nitrogen and oxygen atoms in total. The topological polar surface area (TPSA) is 94.9 Å². The average Bonchev–Trinajstić information content (AvgIpc) is 3.03. The predicted molar refractivity (Wildman–Crippen MR) is 194 cm³/mol. The fourth-order valence-electron chi connectivity index (χ4n) is 5.97. The largest absolute Gasteiger partial charge is 0.481 e. The molecule has 0 aromatic rings. The quantitative estimate of drug-likeness (QED) is 0.0527. The highest BCUT2D eigenvalue weighted by Crippen LogP contribution is 2.16. The number of rotatable bonds is 35. The number of carboxylic acids is 2. The highest BCUT2D eigenvalue weighted by molar-refractivity contribution is 5.86. The molecule has 0 fully saturated rings. The van der Waals surface area contributed by atoms with Gasteiger partial charge in [-0.05, 0) is 64.2 Å². The molecule has 0 unspecified atom stereocenters. The molecule has 1 amide bonds. The van der Waals surface area contributed by atoms with Crippen molar-refractivity contribution in [1.29, 1.82) is 0 Å². The van der Waals surface area contributed by atoms with Crippen LogP contribution in [0.25, 0.3) is 0 Å². The van der Waals surface area contributed by atoms with Crippen LogP contribution in [-0.2, 0) is 14.4 Å². The molecule has 0 aromatic carbocycles. The molecular weight excluding hydrogens is 574 g/mol. The molecule has 0 bridgehead atoms. The van der Waals surface area contributed by atoms with Gasteiger partial charge in [-0.25, -0.2) is 4.79 Å². The fraction of sp³-hybridized carbons (Fsp3) is 0.825. The van der Waals surface area contributed by atoms with E-state index in [1.807, 2.05) is 0 Å². The Kier molecular flexibility index (Phi) is 32.7. The molecule has 0 heterocycles. The van der Waals surface area contributed by atoms with E-state index in [9.17, 15) is 24.6 Å². The molecule has 268 valence electrons. The van der Waals surface area contributed by atoms with Gasteiger partial charge in [0.15, 0.2) is 0 Å². The van der Waals surface area contributed by atoms with Gasteiger partial charge in [0, 0.05) is 13.0 Å². The number of nitrogens with zero attached hydrogens (tertiary/aromatic N) is 1. The maximum atomic E-state index is 13.1. The molecule has 2 N–H and O–H groups in total. The monoisotopic (exact) mass is 648 g/mol. The maximum absolute atomic E-state index is 13.1. The summed E-state index contributed by atoms with van der Waals surface area (Å²) in [5.74, 6) is -2.64. The van der Waals surface area contributed by atoms with Crippen molar-refractivity contribution >= 4 is 17.8 Å². The Balaban J connectivity index is 4.17.